The lowest BCUT2D eigenvalue weighted by molar-refractivity contribution is -0.134. The van der Waals surface area contributed by atoms with E-state index in [2.05, 4.69) is 36.4 Å². The van der Waals surface area contributed by atoms with Crippen LogP contribution in [0.25, 0.3) is 0 Å². The van der Waals surface area contributed by atoms with E-state index in [9.17, 15) is 4.79 Å². The average molecular weight is 170 g/mol. The van der Waals surface area contributed by atoms with Crippen molar-refractivity contribution in [1.29, 1.82) is 0 Å². The SMILES string of the molecule is CC(=O)OC#CC[Si](C)(C)C. The standard InChI is InChI=1S/C8H14O2Si/c1-8(9)10-6-5-7-11(2,3)4/h7H2,1-4H3. The number of hydrogen-bond acceptors (Lipinski definition) is 2. The molecule has 2 nitrogen and oxygen atoms in total. The second-order valence-electron chi connectivity index (χ2n) is 3.61. The molecule has 0 aliphatic rings. The van der Waals surface area contributed by atoms with Crippen molar-refractivity contribution in [3.8, 4) is 12.0 Å². The Labute approximate surface area is 68.9 Å². The van der Waals surface area contributed by atoms with Crippen LogP contribution in [0.5, 0.6) is 0 Å². The van der Waals surface area contributed by atoms with E-state index in [1.54, 1.807) is 0 Å². The molecular weight excluding hydrogens is 156 g/mol. The van der Waals surface area contributed by atoms with Gasteiger partial charge in [-0.15, -0.1) is 0 Å². The summed E-state index contributed by atoms with van der Waals surface area (Å²) in [5, 5.41) is 0. The number of hydrogen-bond donors (Lipinski definition) is 0. The summed E-state index contributed by atoms with van der Waals surface area (Å²) in [7, 11) is -1.09. The van der Waals surface area contributed by atoms with E-state index in [1.165, 1.54) is 6.92 Å². The lowest BCUT2D eigenvalue weighted by Crippen LogP contribution is -2.17. The van der Waals surface area contributed by atoms with Crippen LogP contribution in [0.15, 0.2) is 0 Å². The van der Waals surface area contributed by atoms with E-state index >= 15 is 0 Å². The Kier molecular flexibility index (Phi) is 3.91. The quantitative estimate of drug-likeness (QED) is 0.341. The fourth-order valence-corrected chi connectivity index (χ4v) is 1.01. The number of rotatable bonds is 1. The molecular formula is C8H14O2Si. The molecule has 0 aliphatic carbocycles. The molecule has 0 aliphatic heterocycles. The van der Waals surface area contributed by atoms with Crippen molar-refractivity contribution in [1.82, 2.24) is 0 Å². The van der Waals surface area contributed by atoms with Gasteiger partial charge in [-0.25, -0.2) is 0 Å². The van der Waals surface area contributed by atoms with E-state index < -0.39 is 8.07 Å². The third-order valence-corrected chi connectivity index (χ3v) is 2.12. The molecule has 0 fully saturated rings. The van der Waals surface area contributed by atoms with Crippen molar-refractivity contribution >= 4 is 14.0 Å². The van der Waals surface area contributed by atoms with Gasteiger partial charge in [0.2, 0.25) is 0 Å². The molecule has 0 saturated carbocycles. The van der Waals surface area contributed by atoms with Gasteiger partial charge in [-0.2, -0.15) is 0 Å². The maximum atomic E-state index is 10.3. The first-order valence-corrected chi connectivity index (χ1v) is 7.28. The summed E-state index contributed by atoms with van der Waals surface area (Å²) in [5.41, 5.74) is 0. The zero-order valence-corrected chi connectivity index (χ0v) is 8.52. The summed E-state index contributed by atoms with van der Waals surface area (Å²) in [5.74, 6) is 2.49. The van der Waals surface area contributed by atoms with Crippen molar-refractivity contribution in [2.45, 2.75) is 32.6 Å². The van der Waals surface area contributed by atoms with Gasteiger partial charge in [0.1, 0.15) is 6.11 Å². The summed E-state index contributed by atoms with van der Waals surface area (Å²) < 4.78 is 4.46. The van der Waals surface area contributed by atoms with Crippen LogP contribution in [0.2, 0.25) is 25.7 Å². The molecule has 0 spiro atoms. The molecule has 0 rings (SSSR count). The van der Waals surface area contributed by atoms with Crippen LogP contribution in [0.4, 0.5) is 0 Å². The first-order valence-electron chi connectivity index (χ1n) is 3.57. The van der Waals surface area contributed by atoms with Crippen LogP contribution in [-0.4, -0.2) is 14.0 Å². The van der Waals surface area contributed by atoms with Crippen molar-refractivity contribution in [2.75, 3.05) is 0 Å². The first kappa shape index (κ1) is 10.2. The van der Waals surface area contributed by atoms with Gasteiger partial charge in [-0.1, -0.05) is 25.6 Å². The fourth-order valence-electron chi connectivity index (χ4n) is 0.409. The number of ether oxygens (including phenoxy) is 1. The molecule has 0 N–H and O–H groups in total. The van der Waals surface area contributed by atoms with Gasteiger partial charge >= 0.3 is 5.97 Å². The molecule has 11 heavy (non-hydrogen) atoms. The lowest BCUT2D eigenvalue weighted by atomic mass is 10.8. The summed E-state index contributed by atoms with van der Waals surface area (Å²) in [6.07, 6.45) is 2.38. The summed E-state index contributed by atoms with van der Waals surface area (Å²) in [6, 6.07) is 0.875. The van der Waals surface area contributed by atoms with Gasteiger partial charge in [-0.3, -0.25) is 4.79 Å². The lowest BCUT2D eigenvalue weighted by Gasteiger charge is -2.08. The second kappa shape index (κ2) is 4.19. The van der Waals surface area contributed by atoms with Gasteiger partial charge in [0, 0.05) is 13.0 Å². The van der Waals surface area contributed by atoms with Gasteiger partial charge in [-0.05, 0) is 0 Å². The third kappa shape index (κ3) is 9.25. The molecule has 0 heterocycles. The fraction of sp³-hybridized carbons (Fsp3) is 0.625. The second-order valence-corrected chi connectivity index (χ2v) is 9.08. The molecule has 62 valence electrons. The van der Waals surface area contributed by atoms with Crippen molar-refractivity contribution in [2.24, 2.45) is 0 Å². The Hall–Kier alpha value is -0.753. The van der Waals surface area contributed by atoms with Gasteiger partial charge in [0.05, 0.1) is 8.07 Å². The van der Waals surface area contributed by atoms with Gasteiger partial charge < -0.3 is 4.74 Å². The highest BCUT2D eigenvalue weighted by Crippen LogP contribution is 2.05. The molecule has 3 heteroatoms. The highest BCUT2D eigenvalue weighted by molar-refractivity contribution is 6.76. The summed E-state index contributed by atoms with van der Waals surface area (Å²) in [4.78, 5) is 10.3. The van der Waals surface area contributed by atoms with Crippen molar-refractivity contribution in [3.63, 3.8) is 0 Å². The van der Waals surface area contributed by atoms with Crippen LogP contribution >= 0.6 is 0 Å². The number of carbonyl (C=O) groups is 1. The van der Waals surface area contributed by atoms with Crippen LogP contribution < -0.4 is 0 Å². The van der Waals surface area contributed by atoms with Crippen LogP contribution in [0, 0.1) is 12.0 Å². The maximum absolute atomic E-state index is 10.3. The molecule has 0 amide bonds. The molecule has 0 aromatic carbocycles. The van der Waals surface area contributed by atoms with Gasteiger partial charge in [0.25, 0.3) is 0 Å². The van der Waals surface area contributed by atoms with E-state index in [-0.39, 0.29) is 5.97 Å². The zero-order chi connectivity index (χ0) is 8.91. The number of esters is 1. The molecule has 0 aromatic rings. The van der Waals surface area contributed by atoms with Gasteiger partial charge in [0.15, 0.2) is 0 Å². The van der Waals surface area contributed by atoms with Crippen molar-refractivity contribution in [3.05, 3.63) is 0 Å². The Morgan fingerprint density at radius 2 is 2.00 bits per heavy atom. The van der Waals surface area contributed by atoms with Crippen LogP contribution in [0.3, 0.4) is 0 Å². The van der Waals surface area contributed by atoms with Crippen LogP contribution in [-0.2, 0) is 9.53 Å². The van der Waals surface area contributed by atoms with Crippen LogP contribution in [0.1, 0.15) is 6.92 Å². The Balaban J connectivity index is 3.65. The minimum atomic E-state index is -1.09. The Morgan fingerprint density at radius 3 is 2.36 bits per heavy atom. The largest absolute Gasteiger partial charge is 0.372 e. The highest BCUT2D eigenvalue weighted by Gasteiger charge is 2.09. The third-order valence-electron chi connectivity index (χ3n) is 0.886. The van der Waals surface area contributed by atoms with E-state index in [1.807, 2.05) is 0 Å². The summed E-state index contributed by atoms with van der Waals surface area (Å²) >= 11 is 0. The van der Waals surface area contributed by atoms with E-state index in [0.29, 0.717) is 0 Å². The minimum absolute atomic E-state index is 0.340. The normalized spacial score (nSPS) is 9.82. The first-order chi connectivity index (χ1) is 4.92. The molecule has 0 aromatic heterocycles. The molecule has 0 unspecified atom stereocenters. The Bertz CT molecular complexity index is 192. The Morgan fingerprint density at radius 1 is 1.45 bits per heavy atom. The molecule has 0 radical (unpaired) electrons. The molecule has 0 atom stereocenters. The van der Waals surface area contributed by atoms with E-state index in [4.69, 9.17) is 0 Å². The smallest absolute Gasteiger partial charge is 0.316 e. The predicted molar refractivity (Wildman–Crippen MR) is 47.7 cm³/mol. The predicted octanol–water partition coefficient (Wildman–Crippen LogP) is 1.85. The molecule has 0 saturated heterocycles. The average Bonchev–Trinajstić information content (AvgIpc) is 1.78. The monoisotopic (exact) mass is 170 g/mol. The number of carbonyl (C=O) groups excluding carboxylic acids is 1. The van der Waals surface area contributed by atoms with E-state index in [0.717, 1.165) is 6.04 Å². The molecule has 0 bridgehead atoms. The zero-order valence-electron chi connectivity index (χ0n) is 7.52. The maximum Gasteiger partial charge on any atom is 0.316 e. The van der Waals surface area contributed by atoms with Crippen molar-refractivity contribution < 1.29 is 9.53 Å². The highest BCUT2D eigenvalue weighted by atomic mass is 28.3. The minimum Gasteiger partial charge on any atom is -0.372 e. The topological polar surface area (TPSA) is 26.3 Å². The summed E-state index contributed by atoms with van der Waals surface area (Å²) in [6.45, 7) is 8.00.